The van der Waals surface area contributed by atoms with E-state index >= 15 is 0 Å². The van der Waals surface area contributed by atoms with Gasteiger partial charge >= 0.3 is 12.2 Å². The minimum absolute atomic E-state index is 0.000928. The number of amides is 3. The average Bonchev–Trinajstić information content (AvgIpc) is 2.96. The van der Waals surface area contributed by atoms with E-state index in [1.807, 2.05) is 0 Å². The fourth-order valence-corrected chi connectivity index (χ4v) is 2.66. The van der Waals surface area contributed by atoms with Crippen LogP contribution < -0.4 is 11.1 Å². The number of halogens is 3. The van der Waals surface area contributed by atoms with Crippen LogP contribution in [0.25, 0.3) is 0 Å². The molecule has 0 aliphatic carbocycles. The summed E-state index contributed by atoms with van der Waals surface area (Å²) < 4.78 is 39.0. The van der Waals surface area contributed by atoms with Crippen molar-refractivity contribution >= 4 is 11.9 Å². The molecule has 126 valence electrons. The van der Waals surface area contributed by atoms with E-state index in [0.29, 0.717) is 13.0 Å². The molecule has 1 aliphatic rings. The van der Waals surface area contributed by atoms with Gasteiger partial charge < -0.3 is 16.0 Å². The topological polar surface area (TPSA) is 75.4 Å². The predicted octanol–water partition coefficient (Wildman–Crippen LogP) is 2.28. The van der Waals surface area contributed by atoms with Gasteiger partial charge in [0.1, 0.15) is 0 Å². The van der Waals surface area contributed by atoms with Gasteiger partial charge in [0, 0.05) is 13.1 Å². The van der Waals surface area contributed by atoms with Gasteiger partial charge in [0.25, 0.3) is 0 Å². The molecule has 3 amide bonds. The first-order valence-electron chi connectivity index (χ1n) is 7.21. The highest BCUT2D eigenvalue weighted by molar-refractivity contribution is 5.80. The van der Waals surface area contributed by atoms with Gasteiger partial charge in [0.2, 0.25) is 5.91 Å². The van der Waals surface area contributed by atoms with Crippen molar-refractivity contribution in [1.82, 2.24) is 10.2 Å². The zero-order chi connectivity index (χ0) is 17.2. The second-order valence-electron chi connectivity index (χ2n) is 5.59. The van der Waals surface area contributed by atoms with Gasteiger partial charge in [0.05, 0.1) is 17.5 Å². The van der Waals surface area contributed by atoms with Crippen molar-refractivity contribution in [2.45, 2.75) is 25.6 Å². The van der Waals surface area contributed by atoms with Crippen LogP contribution in [0.3, 0.4) is 0 Å². The summed E-state index contributed by atoms with van der Waals surface area (Å²) in [6.07, 6.45) is -4.02. The molecule has 0 aromatic heterocycles. The van der Waals surface area contributed by atoms with E-state index in [4.69, 9.17) is 5.73 Å². The summed E-state index contributed by atoms with van der Waals surface area (Å²) in [6.45, 7) is 2.03. The van der Waals surface area contributed by atoms with Gasteiger partial charge in [-0.1, -0.05) is 18.2 Å². The summed E-state index contributed by atoms with van der Waals surface area (Å²) in [5, 5.41) is 2.54. The van der Waals surface area contributed by atoms with Crippen LogP contribution in [0.5, 0.6) is 0 Å². The number of likely N-dealkylation sites (tertiary alicyclic amines) is 1. The van der Waals surface area contributed by atoms with Crippen LogP contribution in [-0.4, -0.2) is 29.9 Å². The van der Waals surface area contributed by atoms with Crippen molar-refractivity contribution in [3.8, 4) is 0 Å². The van der Waals surface area contributed by atoms with Crippen molar-refractivity contribution < 1.29 is 22.8 Å². The van der Waals surface area contributed by atoms with Gasteiger partial charge in [-0.3, -0.25) is 4.79 Å². The number of nitrogens with one attached hydrogen (secondary N) is 1. The predicted molar refractivity (Wildman–Crippen MR) is 77.3 cm³/mol. The number of urea groups is 1. The first-order valence-corrected chi connectivity index (χ1v) is 7.21. The van der Waals surface area contributed by atoms with Crippen LogP contribution in [0.2, 0.25) is 0 Å². The molecule has 0 bridgehead atoms. The lowest BCUT2D eigenvalue weighted by atomic mass is 10.0. The highest BCUT2D eigenvalue weighted by Gasteiger charge is 2.35. The molecule has 1 aliphatic heterocycles. The van der Waals surface area contributed by atoms with E-state index < -0.39 is 35.6 Å². The average molecular weight is 329 g/mol. The summed E-state index contributed by atoms with van der Waals surface area (Å²) in [7, 11) is 0. The van der Waals surface area contributed by atoms with Gasteiger partial charge in [0.15, 0.2) is 0 Å². The van der Waals surface area contributed by atoms with E-state index in [1.54, 1.807) is 0 Å². The monoisotopic (exact) mass is 329 g/mol. The van der Waals surface area contributed by atoms with Crippen molar-refractivity contribution in [2.75, 3.05) is 13.1 Å². The lowest BCUT2D eigenvalue weighted by Gasteiger charge is -2.23. The van der Waals surface area contributed by atoms with Crippen molar-refractivity contribution in [3.63, 3.8) is 0 Å². The summed E-state index contributed by atoms with van der Waals surface area (Å²) in [5.74, 6) is -0.880. The normalized spacial score (nSPS) is 19.5. The molecule has 3 N–H and O–H groups in total. The Morgan fingerprint density at radius 3 is 2.57 bits per heavy atom. The minimum atomic E-state index is -4.49. The van der Waals surface area contributed by atoms with Gasteiger partial charge in [-0.05, 0) is 25.0 Å². The maximum Gasteiger partial charge on any atom is 0.416 e. The molecule has 0 spiro atoms. The quantitative estimate of drug-likeness (QED) is 0.893. The van der Waals surface area contributed by atoms with E-state index in [-0.39, 0.29) is 12.1 Å². The molecule has 1 aromatic carbocycles. The Kier molecular flexibility index (Phi) is 4.82. The molecule has 23 heavy (non-hydrogen) atoms. The number of rotatable bonds is 3. The molecule has 1 saturated heterocycles. The number of hydrogen-bond acceptors (Lipinski definition) is 2. The van der Waals surface area contributed by atoms with E-state index in [2.05, 4.69) is 5.32 Å². The zero-order valence-electron chi connectivity index (χ0n) is 12.6. The summed E-state index contributed by atoms with van der Waals surface area (Å²) in [6, 6.07) is 3.80. The highest BCUT2D eigenvalue weighted by atomic mass is 19.4. The second-order valence-corrected chi connectivity index (χ2v) is 5.59. The Balaban J connectivity index is 2.07. The summed E-state index contributed by atoms with van der Waals surface area (Å²) in [4.78, 5) is 24.6. The Labute approximate surface area is 131 Å². The van der Waals surface area contributed by atoms with Gasteiger partial charge in [-0.25, -0.2) is 4.79 Å². The molecule has 5 nitrogen and oxygen atoms in total. The van der Waals surface area contributed by atoms with Crippen molar-refractivity contribution in [3.05, 3.63) is 35.4 Å². The van der Waals surface area contributed by atoms with Crippen LogP contribution in [0.4, 0.5) is 18.0 Å². The Bertz CT molecular complexity index is 604. The molecule has 0 saturated carbocycles. The second kappa shape index (κ2) is 6.47. The van der Waals surface area contributed by atoms with Crippen molar-refractivity contribution in [1.29, 1.82) is 0 Å². The standard InChI is InChI=1S/C15H18F3N3O2/c1-9(11-4-2-3-5-12(11)15(16,17)18)20-14(23)21-7-6-10(8-21)13(19)22/h2-5,9-10H,6-8H2,1H3,(H2,19,22)(H,20,23). The number of carbonyl (C=O) groups excluding carboxylic acids is 2. The number of primary amides is 1. The first kappa shape index (κ1) is 17.1. The molecule has 1 fully saturated rings. The van der Waals surface area contributed by atoms with Crippen LogP contribution >= 0.6 is 0 Å². The van der Waals surface area contributed by atoms with E-state index in [1.165, 1.54) is 30.0 Å². The fourth-order valence-electron chi connectivity index (χ4n) is 2.66. The molecule has 0 radical (unpaired) electrons. The first-order chi connectivity index (χ1) is 10.7. The number of hydrogen-bond donors (Lipinski definition) is 2. The van der Waals surface area contributed by atoms with Crippen LogP contribution in [0, 0.1) is 5.92 Å². The third kappa shape index (κ3) is 3.94. The smallest absolute Gasteiger partial charge is 0.369 e. The summed E-state index contributed by atoms with van der Waals surface area (Å²) in [5.41, 5.74) is 4.42. The maximum atomic E-state index is 13.0. The molecule has 1 heterocycles. The Morgan fingerprint density at radius 2 is 2.00 bits per heavy atom. The Hall–Kier alpha value is -2.25. The maximum absolute atomic E-state index is 13.0. The number of alkyl halides is 3. The SMILES string of the molecule is CC(NC(=O)N1CCC(C(N)=O)C1)c1ccccc1C(F)(F)F. The van der Waals surface area contributed by atoms with Crippen LogP contribution in [0.1, 0.15) is 30.5 Å². The van der Waals surface area contributed by atoms with Crippen molar-refractivity contribution in [2.24, 2.45) is 11.7 Å². The lowest BCUT2D eigenvalue weighted by Crippen LogP contribution is -2.40. The van der Waals surface area contributed by atoms with Gasteiger partial charge in [-0.15, -0.1) is 0 Å². The number of nitrogens with zero attached hydrogens (tertiary/aromatic N) is 1. The largest absolute Gasteiger partial charge is 0.416 e. The molecular weight excluding hydrogens is 311 g/mol. The fraction of sp³-hybridized carbons (Fsp3) is 0.467. The van der Waals surface area contributed by atoms with Gasteiger partial charge in [-0.2, -0.15) is 13.2 Å². The lowest BCUT2D eigenvalue weighted by molar-refractivity contribution is -0.138. The highest BCUT2D eigenvalue weighted by Crippen LogP contribution is 2.34. The number of carbonyl (C=O) groups is 2. The minimum Gasteiger partial charge on any atom is -0.369 e. The van der Waals surface area contributed by atoms with Crippen LogP contribution in [0.15, 0.2) is 24.3 Å². The zero-order valence-corrected chi connectivity index (χ0v) is 12.6. The molecule has 1 aromatic rings. The third-order valence-corrected chi connectivity index (χ3v) is 3.95. The van der Waals surface area contributed by atoms with Crippen LogP contribution in [-0.2, 0) is 11.0 Å². The molecule has 2 rings (SSSR count). The number of nitrogens with two attached hydrogens (primary N) is 1. The third-order valence-electron chi connectivity index (χ3n) is 3.95. The molecular formula is C15H18F3N3O2. The Morgan fingerprint density at radius 1 is 1.35 bits per heavy atom. The summed E-state index contributed by atoms with van der Waals surface area (Å²) >= 11 is 0. The number of benzene rings is 1. The van der Waals surface area contributed by atoms with E-state index in [0.717, 1.165) is 6.07 Å². The molecule has 8 heteroatoms. The van der Waals surface area contributed by atoms with E-state index in [9.17, 15) is 22.8 Å². The molecule has 2 atom stereocenters. The molecule has 2 unspecified atom stereocenters.